The molecule has 0 rings (SSSR count). The van der Waals surface area contributed by atoms with Gasteiger partial charge in [0.25, 0.3) is 0 Å². The van der Waals surface area contributed by atoms with Crippen LogP contribution in [0.5, 0.6) is 0 Å². The summed E-state index contributed by atoms with van der Waals surface area (Å²) in [4.78, 5) is 24.4. The van der Waals surface area contributed by atoms with E-state index in [0.717, 1.165) is 44.9 Å². The number of nitrogens with one attached hydrogen (secondary N) is 1. The molecule has 0 aromatic rings. The Bertz CT molecular complexity index is 935. The van der Waals surface area contributed by atoms with Crippen molar-refractivity contribution in [3.05, 3.63) is 24.3 Å². The number of hydrogen-bond donors (Lipinski definition) is 3. The van der Waals surface area contributed by atoms with Gasteiger partial charge in [0, 0.05) is 12.8 Å². The topological polar surface area (TPSA) is 95.9 Å². The third kappa shape index (κ3) is 45.9. The first-order chi connectivity index (χ1) is 29.5. The molecule has 0 fully saturated rings. The highest BCUT2D eigenvalue weighted by Gasteiger charge is 2.18. The third-order valence-corrected chi connectivity index (χ3v) is 12.2. The summed E-state index contributed by atoms with van der Waals surface area (Å²) in [7, 11) is 0. The van der Waals surface area contributed by atoms with Crippen LogP contribution in [0.2, 0.25) is 0 Å². The van der Waals surface area contributed by atoms with Gasteiger partial charge in [-0.15, -0.1) is 0 Å². The van der Waals surface area contributed by atoms with Crippen LogP contribution in [0.4, 0.5) is 0 Å². The van der Waals surface area contributed by atoms with Gasteiger partial charge in [-0.1, -0.05) is 237 Å². The fourth-order valence-corrected chi connectivity index (χ4v) is 8.10. The average molecular weight is 846 g/mol. The van der Waals surface area contributed by atoms with E-state index < -0.39 is 12.1 Å². The zero-order valence-electron chi connectivity index (χ0n) is 40.2. The second-order valence-corrected chi connectivity index (χ2v) is 18.2. The van der Waals surface area contributed by atoms with Gasteiger partial charge in [0.1, 0.15) is 0 Å². The summed E-state index contributed by atoms with van der Waals surface area (Å²) < 4.78 is 5.47. The van der Waals surface area contributed by atoms with E-state index in [-0.39, 0.29) is 18.5 Å². The van der Waals surface area contributed by atoms with Gasteiger partial charge in [-0.05, 0) is 57.8 Å². The number of hydrogen-bond acceptors (Lipinski definition) is 5. The van der Waals surface area contributed by atoms with E-state index in [0.29, 0.717) is 19.4 Å². The number of aliphatic hydroxyl groups is 2. The minimum atomic E-state index is -0.844. The van der Waals surface area contributed by atoms with E-state index in [9.17, 15) is 19.8 Å². The molecule has 0 aromatic carbocycles. The smallest absolute Gasteiger partial charge is 0.305 e. The Kier molecular flexibility index (Phi) is 48.6. The molecule has 2 atom stereocenters. The number of carbonyl (C=O) groups excluding carboxylic acids is 2. The highest BCUT2D eigenvalue weighted by molar-refractivity contribution is 5.76. The molecule has 1 amide bonds. The highest BCUT2D eigenvalue weighted by atomic mass is 16.5. The number of amides is 1. The lowest BCUT2D eigenvalue weighted by Gasteiger charge is -2.20. The SMILES string of the molecule is CCCCCCC/C=C\CCCCCCCC(=O)OCCCCCCCCCCCCCCCCCCCCCC(=O)NC(CO)C(O)/C=C/CCCCCCCCCC. The van der Waals surface area contributed by atoms with Gasteiger partial charge in [-0.3, -0.25) is 9.59 Å². The van der Waals surface area contributed by atoms with Crippen molar-refractivity contribution in [2.24, 2.45) is 0 Å². The predicted octanol–water partition coefficient (Wildman–Crippen LogP) is 15.9. The molecule has 0 aromatic heterocycles. The Labute approximate surface area is 373 Å². The van der Waals surface area contributed by atoms with E-state index in [1.54, 1.807) is 6.08 Å². The quantitative estimate of drug-likeness (QED) is 0.0322. The average Bonchev–Trinajstić information content (AvgIpc) is 3.25. The van der Waals surface area contributed by atoms with E-state index in [4.69, 9.17) is 4.74 Å². The molecule has 6 heteroatoms. The van der Waals surface area contributed by atoms with Crippen molar-refractivity contribution >= 4 is 11.9 Å². The van der Waals surface area contributed by atoms with Crippen LogP contribution in [0.15, 0.2) is 24.3 Å². The molecule has 0 aliphatic heterocycles. The number of rotatable bonds is 49. The number of unbranched alkanes of at least 4 members (excludes halogenated alkanes) is 36. The Morgan fingerprint density at radius 1 is 0.450 bits per heavy atom. The van der Waals surface area contributed by atoms with E-state index >= 15 is 0 Å². The molecule has 0 aliphatic carbocycles. The largest absolute Gasteiger partial charge is 0.466 e. The van der Waals surface area contributed by atoms with Crippen LogP contribution in [0.3, 0.4) is 0 Å². The van der Waals surface area contributed by atoms with Crippen molar-refractivity contribution < 1.29 is 24.5 Å². The molecule has 0 aliphatic rings. The van der Waals surface area contributed by atoms with Crippen molar-refractivity contribution in [3.8, 4) is 0 Å². The lowest BCUT2D eigenvalue weighted by molar-refractivity contribution is -0.143. The molecule has 0 saturated heterocycles. The molecule has 354 valence electrons. The summed E-state index contributed by atoms with van der Waals surface area (Å²) in [5, 5.41) is 22.9. The molecule has 0 saturated carbocycles. The van der Waals surface area contributed by atoms with Gasteiger partial charge in [-0.2, -0.15) is 0 Å². The van der Waals surface area contributed by atoms with Gasteiger partial charge >= 0.3 is 5.97 Å². The number of carbonyl (C=O) groups is 2. The second-order valence-electron chi connectivity index (χ2n) is 18.2. The van der Waals surface area contributed by atoms with Gasteiger partial charge in [-0.25, -0.2) is 0 Å². The Morgan fingerprint density at radius 3 is 1.18 bits per heavy atom. The van der Waals surface area contributed by atoms with Crippen molar-refractivity contribution in [1.29, 1.82) is 0 Å². The van der Waals surface area contributed by atoms with Crippen LogP contribution in [0, 0.1) is 0 Å². The summed E-state index contributed by atoms with van der Waals surface area (Å²) in [6.07, 6.45) is 59.0. The number of allylic oxidation sites excluding steroid dienone is 3. The van der Waals surface area contributed by atoms with E-state index in [1.807, 2.05) is 6.08 Å². The van der Waals surface area contributed by atoms with Crippen molar-refractivity contribution in [1.82, 2.24) is 5.32 Å². The first-order valence-electron chi connectivity index (χ1n) is 26.6. The summed E-state index contributed by atoms with van der Waals surface area (Å²) in [6.45, 7) is 4.86. The maximum Gasteiger partial charge on any atom is 0.305 e. The summed E-state index contributed by atoms with van der Waals surface area (Å²) in [6, 6.07) is -0.628. The first kappa shape index (κ1) is 58.3. The Balaban J connectivity index is 3.40. The monoisotopic (exact) mass is 846 g/mol. The second kappa shape index (κ2) is 50.0. The number of aliphatic hydroxyl groups excluding tert-OH is 2. The summed E-state index contributed by atoms with van der Waals surface area (Å²) in [5.41, 5.74) is 0. The van der Waals surface area contributed by atoms with Crippen molar-refractivity contribution in [2.45, 2.75) is 296 Å². The van der Waals surface area contributed by atoms with Crippen LogP contribution in [0.1, 0.15) is 284 Å². The lowest BCUT2D eigenvalue weighted by atomic mass is 10.0. The molecule has 2 unspecified atom stereocenters. The fourth-order valence-electron chi connectivity index (χ4n) is 8.10. The Hall–Kier alpha value is -1.66. The molecular formula is C54H103NO5. The van der Waals surface area contributed by atoms with Crippen LogP contribution in [0.25, 0.3) is 0 Å². The normalized spacial score (nSPS) is 12.8. The summed E-state index contributed by atoms with van der Waals surface area (Å²) in [5.74, 6) is -0.0736. The number of esters is 1. The van der Waals surface area contributed by atoms with E-state index in [1.165, 1.54) is 212 Å². The molecular weight excluding hydrogens is 743 g/mol. The maximum absolute atomic E-state index is 12.4. The Morgan fingerprint density at radius 2 is 0.783 bits per heavy atom. The van der Waals surface area contributed by atoms with Crippen LogP contribution in [-0.4, -0.2) is 47.4 Å². The number of ether oxygens (including phenoxy) is 1. The van der Waals surface area contributed by atoms with E-state index in [2.05, 4.69) is 31.3 Å². The van der Waals surface area contributed by atoms with Crippen LogP contribution < -0.4 is 5.32 Å². The third-order valence-electron chi connectivity index (χ3n) is 12.2. The molecule has 6 nitrogen and oxygen atoms in total. The summed E-state index contributed by atoms with van der Waals surface area (Å²) >= 11 is 0. The van der Waals surface area contributed by atoms with Gasteiger partial charge in [0.05, 0.1) is 25.4 Å². The van der Waals surface area contributed by atoms with Crippen molar-refractivity contribution in [3.63, 3.8) is 0 Å². The fraction of sp³-hybridized carbons (Fsp3) is 0.889. The van der Waals surface area contributed by atoms with Gasteiger partial charge in [0.15, 0.2) is 0 Å². The first-order valence-corrected chi connectivity index (χ1v) is 26.6. The highest BCUT2D eigenvalue weighted by Crippen LogP contribution is 2.16. The standard InChI is InChI=1S/C54H103NO5/c1-3-5-7-9-11-13-15-16-25-28-32-36-40-44-48-54(59)60-49-45-41-37-33-29-26-23-21-19-17-18-20-22-24-27-31-35-39-43-47-53(58)55-51(50-56)52(57)46-42-38-34-30-14-12-10-8-6-4-2/h15-16,42,46,51-52,56-57H,3-14,17-41,43-45,47-50H2,1-2H3,(H,55,58)/b16-15-,46-42+. The van der Waals surface area contributed by atoms with Crippen LogP contribution in [-0.2, 0) is 14.3 Å². The minimum Gasteiger partial charge on any atom is -0.466 e. The maximum atomic E-state index is 12.4. The zero-order chi connectivity index (χ0) is 43.7. The lowest BCUT2D eigenvalue weighted by Crippen LogP contribution is -2.45. The molecule has 0 spiro atoms. The van der Waals surface area contributed by atoms with Gasteiger partial charge in [0.2, 0.25) is 5.91 Å². The molecule has 60 heavy (non-hydrogen) atoms. The molecule has 0 heterocycles. The minimum absolute atomic E-state index is 0.000666. The predicted molar refractivity (Wildman–Crippen MR) is 260 cm³/mol. The molecule has 0 radical (unpaired) electrons. The zero-order valence-corrected chi connectivity index (χ0v) is 40.2. The van der Waals surface area contributed by atoms with Gasteiger partial charge < -0.3 is 20.3 Å². The van der Waals surface area contributed by atoms with Crippen LogP contribution >= 0.6 is 0 Å². The molecule has 3 N–H and O–H groups in total. The molecule has 0 bridgehead atoms. The van der Waals surface area contributed by atoms with Crippen molar-refractivity contribution in [2.75, 3.05) is 13.2 Å².